The average Bonchev–Trinajstić information content (AvgIpc) is 2.67. The van der Waals surface area contributed by atoms with Gasteiger partial charge in [0.2, 0.25) is 0 Å². The van der Waals surface area contributed by atoms with Crippen LogP contribution in [-0.4, -0.2) is 27.5 Å². The maximum Gasteiger partial charge on any atom is 0.356 e. The Morgan fingerprint density at radius 3 is 2.71 bits per heavy atom. The molecular weight excluding hydrogens is 218 g/mol. The second kappa shape index (κ2) is 4.08. The van der Waals surface area contributed by atoms with Crippen molar-refractivity contribution in [3.8, 4) is 0 Å². The van der Waals surface area contributed by atoms with Gasteiger partial charge in [-0.05, 0) is 12.1 Å². The minimum atomic E-state index is -0.994. The van der Waals surface area contributed by atoms with Gasteiger partial charge in [0.1, 0.15) is 5.82 Å². The minimum absolute atomic E-state index is 0.108. The van der Waals surface area contributed by atoms with Crippen molar-refractivity contribution in [1.82, 2.24) is 9.38 Å². The van der Waals surface area contributed by atoms with E-state index in [9.17, 15) is 4.79 Å². The van der Waals surface area contributed by atoms with Crippen molar-refractivity contribution in [2.24, 2.45) is 0 Å². The number of carboxylic acid groups (broad SMARTS) is 1. The SMILES string of the molecule is CNc1ccc2c(C(=O)O)nc(C(C)C)n2c1. The molecule has 0 aliphatic carbocycles. The van der Waals surface area contributed by atoms with Gasteiger partial charge in [0, 0.05) is 19.2 Å². The second-order valence-electron chi connectivity index (χ2n) is 4.20. The molecule has 2 aromatic rings. The van der Waals surface area contributed by atoms with Crippen molar-refractivity contribution in [3.63, 3.8) is 0 Å². The van der Waals surface area contributed by atoms with Gasteiger partial charge in [-0.25, -0.2) is 9.78 Å². The van der Waals surface area contributed by atoms with E-state index < -0.39 is 5.97 Å². The van der Waals surface area contributed by atoms with Crippen molar-refractivity contribution in [1.29, 1.82) is 0 Å². The summed E-state index contributed by atoms with van der Waals surface area (Å²) in [4.78, 5) is 15.3. The number of carbonyl (C=O) groups is 1. The molecule has 5 nitrogen and oxygen atoms in total. The first-order valence-corrected chi connectivity index (χ1v) is 5.47. The number of fused-ring (bicyclic) bond motifs is 1. The molecule has 2 rings (SSSR count). The molecule has 0 saturated carbocycles. The lowest BCUT2D eigenvalue weighted by Crippen LogP contribution is -1.98. The molecule has 0 spiro atoms. The van der Waals surface area contributed by atoms with Gasteiger partial charge in [0.25, 0.3) is 0 Å². The summed E-state index contributed by atoms with van der Waals surface area (Å²) in [6.45, 7) is 3.99. The van der Waals surface area contributed by atoms with Crippen LogP contribution in [0.15, 0.2) is 18.3 Å². The van der Waals surface area contributed by atoms with E-state index in [1.54, 1.807) is 6.07 Å². The quantitative estimate of drug-likeness (QED) is 0.852. The van der Waals surface area contributed by atoms with Crippen LogP contribution in [0.3, 0.4) is 0 Å². The number of aromatic carboxylic acids is 1. The molecule has 0 aromatic carbocycles. The first-order chi connectivity index (χ1) is 8.04. The molecule has 2 aromatic heterocycles. The smallest absolute Gasteiger partial charge is 0.356 e. The van der Waals surface area contributed by atoms with E-state index in [1.165, 1.54) is 0 Å². The van der Waals surface area contributed by atoms with Crippen LogP contribution in [0.1, 0.15) is 36.1 Å². The van der Waals surface area contributed by atoms with Gasteiger partial charge < -0.3 is 14.8 Å². The standard InChI is InChI=1S/C12H15N3O2/c1-7(2)11-14-10(12(16)17)9-5-4-8(13-3)6-15(9)11/h4-7,13H,1-3H3,(H,16,17). The van der Waals surface area contributed by atoms with Gasteiger partial charge in [0.15, 0.2) is 5.69 Å². The van der Waals surface area contributed by atoms with Crippen molar-refractivity contribution in [2.75, 3.05) is 12.4 Å². The lowest BCUT2D eigenvalue weighted by molar-refractivity contribution is 0.0693. The highest BCUT2D eigenvalue weighted by Gasteiger charge is 2.18. The summed E-state index contributed by atoms with van der Waals surface area (Å²) in [7, 11) is 1.82. The minimum Gasteiger partial charge on any atom is -0.476 e. The fourth-order valence-electron chi connectivity index (χ4n) is 1.82. The second-order valence-corrected chi connectivity index (χ2v) is 4.20. The third-order valence-electron chi connectivity index (χ3n) is 2.67. The largest absolute Gasteiger partial charge is 0.476 e. The summed E-state index contributed by atoms with van der Waals surface area (Å²) in [5, 5.41) is 12.1. The van der Waals surface area contributed by atoms with Crippen LogP contribution in [0, 0.1) is 0 Å². The fraction of sp³-hybridized carbons (Fsp3) is 0.333. The summed E-state index contributed by atoms with van der Waals surface area (Å²) >= 11 is 0. The zero-order valence-electron chi connectivity index (χ0n) is 10.1. The molecule has 0 unspecified atom stereocenters. The van der Waals surface area contributed by atoms with E-state index in [4.69, 9.17) is 5.11 Å². The van der Waals surface area contributed by atoms with Gasteiger partial charge in [-0.3, -0.25) is 0 Å². The zero-order valence-corrected chi connectivity index (χ0v) is 10.1. The van der Waals surface area contributed by atoms with Crippen LogP contribution in [0.2, 0.25) is 0 Å². The van der Waals surface area contributed by atoms with E-state index in [0.717, 1.165) is 11.5 Å². The van der Waals surface area contributed by atoms with E-state index in [0.29, 0.717) is 5.52 Å². The number of pyridine rings is 1. The first-order valence-electron chi connectivity index (χ1n) is 5.47. The molecule has 0 bridgehead atoms. The van der Waals surface area contributed by atoms with E-state index in [-0.39, 0.29) is 11.6 Å². The van der Waals surface area contributed by atoms with Crippen molar-refractivity contribution < 1.29 is 9.90 Å². The number of anilines is 1. The summed E-state index contributed by atoms with van der Waals surface area (Å²) in [6.07, 6.45) is 1.87. The molecule has 90 valence electrons. The third kappa shape index (κ3) is 1.84. The van der Waals surface area contributed by atoms with Gasteiger partial charge in [0.05, 0.1) is 11.2 Å². The molecule has 0 aliphatic rings. The Bertz CT molecular complexity index is 572. The lowest BCUT2D eigenvalue weighted by atomic mass is 10.2. The lowest BCUT2D eigenvalue weighted by Gasteiger charge is -2.06. The molecule has 0 amide bonds. The number of imidazole rings is 1. The summed E-state index contributed by atoms with van der Waals surface area (Å²) in [6, 6.07) is 3.61. The molecule has 0 saturated heterocycles. The van der Waals surface area contributed by atoms with Gasteiger partial charge in [-0.2, -0.15) is 0 Å². The number of aromatic nitrogens is 2. The Hall–Kier alpha value is -2.04. The zero-order chi connectivity index (χ0) is 12.6. The molecule has 0 fully saturated rings. The van der Waals surface area contributed by atoms with Crippen molar-refractivity contribution >= 4 is 17.2 Å². The van der Waals surface area contributed by atoms with Crippen LogP contribution in [0.25, 0.3) is 5.52 Å². The van der Waals surface area contributed by atoms with Gasteiger partial charge in [-0.1, -0.05) is 13.8 Å². The predicted octanol–water partition coefficient (Wildman–Crippen LogP) is 2.20. The third-order valence-corrected chi connectivity index (χ3v) is 2.67. The van der Waals surface area contributed by atoms with Crippen LogP contribution >= 0.6 is 0 Å². The van der Waals surface area contributed by atoms with E-state index >= 15 is 0 Å². The van der Waals surface area contributed by atoms with Crippen LogP contribution in [-0.2, 0) is 0 Å². The Balaban J connectivity index is 2.76. The Kier molecular flexibility index (Phi) is 2.75. The summed E-state index contributed by atoms with van der Waals surface area (Å²) in [5.74, 6) is -0.0659. The first kappa shape index (κ1) is 11.4. The Labute approximate surface area is 99.1 Å². The molecule has 0 atom stereocenters. The Morgan fingerprint density at radius 2 is 2.18 bits per heavy atom. The molecule has 17 heavy (non-hydrogen) atoms. The maximum atomic E-state index is 11.1. The van der Waals surface area contributed by atoms with E-state index in [2.05, 4.69) is 10.3 Å². The number of hydrogen-bond acceptors (Lipinski definition) is 3. The normalized spacial score (nSPS) is 11.1. The number of carboxylic acids is 1. The molecule has 2 heterocycles. The fourth-order valence-corrected chi connectivity index (χ4v) is 1.82. The highest BCUT2D eigenvalue weighted by molar-refractivity contribution is 5.94. The maximum absolute atomic E-state index is 11.1. The summed E-state index contributed by atoms with van der Waals surface area (Å²) in [5.41, 5.74) is 1.66. The number of nitrogens with zero attached hydrogens (tertiary/aromatic N) is 2. The number of rotatable bonds is 3. The van der Waals surface area contributed by atoms with Gasteiger partial charge >= 0.3 is 5.97 Å². The molecular formula is C12H15N3O2. The number of hydrogen-bond donors (Lipinski definition) is 2. The van der Waals surface area contributed by atoms with Crippen molar-refractivity contribution in [2.45, 2.75) is 19.8 Å². The monoisotopic (exact) mass is 233 g/mol. The van der Waals surface area contributed by atoms with Crippen LogP contribution < -0.4 is 5.32 Å². The molecule has 5 heteroatoms. The predicted molar refractivity (Wildman–Crippen MR) is 65.8 cm³/mol. The van der Waals surface area contributed by atoms with Crippen LogP contribution in [0.4, 0.5) is 5.69 Å². The summed E-state index contributed by atoms with van der Waals surface area (Å²) < 4.78 is 1.83. The average molecular weight is 233 g/mol. The van der Waals surface area contributed by atoms with Gasteiger partial charge in [-0.15, -0.1) is 0 Å². The molecule has 0 radical (unpaired) electrons. The molecule has 2 N–H and O–H groups in total. The number of nitrogens with one attached hydrogen (secondary N) is 1. The Morgan fingerprint density at radius 1 is 1.47 bits per heavy atom. The highest BCUT2D eigenvalue weighted by atomic mass is 16.4. The van der Waals surface area contributed by atoms with Crippen LogP contribution in [0.5, 0.6) is 0 Å². The topological polar surface area (TPSA) is 66.6 Å². The molecule has 0 aliphatic heterocycles. The van der Waals surface area contributed by atoms with E-state index in [1.807, 2.05) is 37.6 Å². The highest BCUT2D eigenvalue weighted by Crippen LogP contribution is 2.21. The van der Waals surface area contributed by atoms with Crippen molar-refractivity contribution in [3.05, 3.63) is 29.8 Å².